The molecule has 120 valence electrons. The molecule has 0 aliphatic heterocycles. The number of hydrogen-bond acceptors (Lipinski definition) is 6. The number of methoxy groups -OCH3 is 2. The van der Waals surface area contributed by atoms with Gasteiger partial charge in [0.25, 0.3) is 5.56 Å². The van der Waals surface area contributed by atoms with Crippen LogP contribution in [0.25, 0.3) is 0 Å². The third-order valence-corrected chi connectivity index (χ3v) is 3.22. The molecule has 21 heavy (non-hydrogen) atoms. The Morgan fingerprint density at radius 1 is 1.33 bits per heavy atom. The number of nitrogens with two attached hydrogens (primary N) is 1. The van der Waals surface area contributed by atoms with Crippen molar-refractivity contribution >= 4 is 11.5 Å². The van der Waals surface area contributed by atoms with Crippen molar-refractivity contribution in [2.24, 2.45) is 7.05 Å². The standard InChI is InChI=1S/C13H24N4O4/c1-5-6-17-11(14)10(12(18)16(2)13(17)19)15-7-9(21-4)8-20-3/h9,15H,5-8,14H2,1-4H3. The summed E-state index contributed by atoms with van der Waals surface area (Å²) in [6.45, 7) is 3.13. The number of aromatic nitrogens is 2. The summed E-state index contributed by atoms with van der Waals surface area (Å²) in [4.78, 5) is 24.2. The molecule has 0 saturated heterocycles. The van der Waals surface area contributed by atoms with Gasteiger partial charge in [-0.1, -0.05) is 6.92 Å². The molecule has 1 heterocycles. The summed E-state index contributed by atoms with van der Waals surface area (Å²) in [5.74, 6) is 0.150. The zero-order valence-electron chi connectivity index (χ0n) is 13.0. The van der Waals surface area contributed by atoms with Crippen molar-refractivity contribution in [2.75, 3.05) is 38.4 Å². The Labute approximate surface area is 123 Å². The summed E-state index contributed by atoms with van der Waals surface area (Å²) < 4.78 is 12.7. The first kappa shape index (κ1) is 17.3. The normalized spacial score (nSPS) is 12.4. The second kappa shape index (κ2) is 7.84. The molecule has 1 aromatic heterocycles. The van der Waals surface area contributed by atoms with E-state index in [-0.39, 0.29) is 17.6 Å². The molecule has 0 aromatic carbocycles. The highest BCUT2D eigenvalue weighted by Crippen LogP contribution is 2.11. The van der Waals surface area contributed by atoms with E-state index in [9.17, 15) is 9.59 Å². The maximum atomic E-state index is 12.2. The molecule has 1 atom stereocenters. The first-order chi connectivity index (χ1) is 9.97. The van der Waals surface area contributed by atoms with Gasteiger partial charge in [0.1, 0.15) is 11.5 Å². The Kier molecular flexibility index (Phi) is 6.44. The van der Waals surface area contributed by atoms with Crippen molar-refractivity contribution in [1.82, 2.24) is 9.13 Å². The van der Waals surface area contributed by atoms with E-state index in [1.54, 1.807) is 14.2 Å². The summed E-state index contributed by atoms with van der Waals surface area (Å²) in [6.07, 6.45) is 0.525. The Morgan fingerprint density at radius 3 is 2.52 bits per heavy atom. The Hall–Kier alpha value is -1.80. The second-order valence-corrected chi connectivity index (χ2v) is 4.75. The highest BCUT2D eigenvalue weighted by Gasteiger charge is 2.16. The summed E-state index contributed by atoms with van der Waals surface area (Å²) in [5, 5.41) is 2.96. The first-order valence-corrected chi connectivity index (χ1v) is 6.82. The van der Waals surface area contributed by atoms with Crippen molar-refractivity contribution < 1.29 is 9.47 Å². The zero-order valence-corrected chi connectivity index (χ0v) is 13.0. The predicted octanol–water partition coefficient (Wildman–Crippen LogP) is -0.387. The summed E-state index contributed by atoms with van der Waals surface area (Å²) in [7, 11) is 4.57. The van der Waals surface area contributed by atoms with E-state index in [0.29, 0.717) is 19.7 Å². The highest BCUT2D eigenvalue weighted by atomic mass is 16.5. The molecule has 0 spiro atoms. The number of nitrogen functional groups attached to an aromatic ring is 1. The molecule has 1 aromatic rings. The van der Waals surface area contributed by atoms with Gasteiger partial charge in [-0.25, -0.2) is 4.79 Å². The van der Waals surface area contributed by atoms with Gasteiger partial charge in [-0.15, -0.1) is 0 Å². The fourth-order valence-electron chi connectivity index (χ4n) is 2.00. The van der Waals surface area contributed by atoms with Gasteiger partial charge in [-0.05, 0) is 6.42 Å². The fourth-order valence-corrected chi connectivity index (χ4v) is 2.00. The zero-order chi connectivity index (χ0) is 16.0. The molecule has 3 N–H and O–H groups in total. The van der Waals surface area contributed by atoms with Crippen LogP contribution in [0, 0.1) is 0 Å². The molecule has 0 radical (unpaired) electrons. The van der Waals surface area contributed by atoms with Crippen LogP contribution in [0.15, 0.2) is 9.59 Å². The van der Waals surface area contributed by atoms with Crippen LogP contribution in [-0.2, 0) is 23.1 Å². The SMILES string of the molecule is CCCn1c(N)c(NCC(COC)OC)c(=O)n(C)c1=O. The average Bonchev–Trinajstić information content (AvgIpc) is 2.48. The topological polar surface area (TPSA) is 101 Å². The minimum absolute atomic E-state index is 0.150. The van der Waals surface area contributed by atoms with Crippen LogP contribution in [0.2, 0.25) is 0 Å². The summed E-state index contributed by atoms with van der Waals surface area (Å²) in [5.41, 5.74) is 5.31. The Morgan fingerprint density at radius 2 is 2.00 bits per heavy atom. The van der Waals surface area contributed by atoms with Gasteiger partial charge in [0.15, 0.2) is 0 Å². The smallest absolute Gasteiger partial charge is 0.332 e. The number of ether oxygens (including phenoxy) is 2. The molecule has 0 aliphatic rings. The molecule has 1 rings (SSSR count). The van der Waals surface area contributed by atoms with E-state index in [2.05, 4.69) is 5.32 Å². The fraction of sp³-hybridized carbons (Fsp3) is 0.692. The number of hydrogen-bond donors (Lipinski definition) is 2. The van der Waals surface area contributed by atoms with Crippen molar-refractivity contribution in [3.8, 4) is 0 Å². The number of anilines is 2. The lowest BCUT2D eigenvalue weighted by Gasteiger charge is -2.18. The monoisotopic (exact) mass is 300 g/mol. The molecular weight excluding hydrogens is 276 g/mol. The molecule has 0 aliphatic carbocycles. The van der Waals surface area contributed by atoms with Crippen molar-refractivity contribution in [3.05, 3.63) is 20.8 Å². The lowest BCUT2D eigenvalue weighted by molar-refractivity contribution is 0.0365. The molecule has 0 amide bonds. The van der Waals surface area contributed by atoms with E-state index in [0.717, 1.165) is 11.0 Å². The van der Waals surface area contributed by atoms with Gasteiger partial charge in [0, 0.05) is 34.4 Å². The van der Waals surface area contributed by atoms with E-state index in [1.165, 1.54) is 11.6 Å². The van der Waals surface area contributed by atoms with E-state index in [4.69, 9.17) is 15.2 Å². The van der Waals surface area contributed by atoms with Crippen LogP contribution >= 0.6 is 0 Å². The third kappa shape index (κ3) is 3.85. The lowest BCUT2D eigenvalue weighted by atomic mass is 10.3. The Bertz CT molecular complexity index is 579. The first-order valence-electron chi connectivity index (χ1n) is 6.82. The molecular formula is C13H24N4O4. The van der Waals surface area contributed by atoms with E-state index >= 15 is 0 Å². The van der Waals surface area contributed by atoms with Gasteiger partial charge >= 0.3 is 5.69 Å². The van der Waals surface area contributed by atoms with Crippen LogP contribution in [-0.4, -0.2) is 42.6 Å². The predicted molar refractivity (Wildman–Crippen MR) is 81.8 cm³/mol. The van der Waals surface area contributed by atoms with Crippen molar-refractivity contribution in [2.45, 2.75) is 26.0 Å². The number of nitrogens with zero attached hydrogens (tertiary/aromatic N) is 2. The van der Waals surface area contributed by atoms with Crippen LogP contribution in [0.1, 0.15) is 13.3 Å². The minimum atomic E-state index is -0.447. The highest BCUT2D eigenvalue weighted by molar-refractivity contribution is 5.60. The average molecular weight is 300 g/mol. The number of rotatable bonds is 8. The quantitative estimate of drug-likeness (QED) is 0.678. The Balaban J connectivity index is 3.12. The van der Waals surface area contributed by atoms with E-state index in [1.807, 2.05) is 6.92 Å². The van der Waals surface area contributed by atoms with Crippen LogP contribution in [0.4, 0.5) is 11.5 Å². The number of nitrogens with one attached hydrogen (secondary N) is 1. The molecule has 8 nitrogen and oxygen atoms in total. The minimum Gasteiger partial charge on any atom is -0.383 e. The maximum Gasteiger partial charge on any atom is 0.332 e. The van der Waals surface area contributed by atoms with E-state index < -0.39 is 11.2 Å². The summed E-state index contributed by atoms with van der Waals surface area (Å²) in [6, 6.07) is 0. The maximum absolute atomic E-state index is 12.2. The molecule has 0 saturated carbocycles. The van der Waals surface area contributed by atoms with Gasteiger partial charge in [-0.2, -0.15) is 0 Å². The van der Waals surface area contributed by atoms with Gasteiger partial charge < -0.3 is 20.5 Å². The van der Waals surface area contributed by atoms with Gasteiger partial charge in [0.2, 0.25) is 0 Å². The van der Waals surface area contributed by atoms with Crippen molar-refractivity contribution in [3.63, 3.8) is 0 Å². The largest absolute Gasteiger partial charge is 0.383 e. The molecule has 8 heteroatoms. The molecule has 0 fully saturated rings. The van der Waals surface area contributed by atoms with Crippen molar-refractivity contribution in [1.29, 1.82) is 0 Å². The van der Waals surface area contributed by atoms with Gasteiger partial charge in [-0.3, -0.25) is 13.9 Å². The van der Waals surface area contributed by atoms with Crippen LogP contribution in [0.5, 0.6) is 0 Å². The third-order valence-electron chi connectivity index (χ3n) is 3.22. The van der Waals surface area contributed by atoms with Gasteiger partial charge in [0.05, 0.1) is 12.7 Å². The van der Waals surface area contributed by atoms with Crippen LogP contribution in [0.3, 0.4) is 0 Å². The van der Waals surface area contributed by atoms with Crippen LogP contribution < -0.4 is 22.3 Å². The summed E-state index contributed by atoms with van der Waals surface area (Å²) >= 11 is 0. The second-order valence-electron chi connectivity index (χ2n) is 4.75. The molecule has 0 bridgehead atoms. The lowest BCUT2D eigenvalue weighted by Crippen LogP contribution is -2.41. The molecule has 1 unspecified atom stereocenters.